The molecule has 1 saturated carbocycles. The molecule has 182 valence electrons. The van der Waals surface area contributed by atoms with Crippen LogP contribution in [0.25, 0.3) is 10.9 Å². The zero-order valence-electron chi connectivity index (χ0n) is 19.5. The molecule has 2 heterocycles. The van der Waals surface area contributed by atoms with Crippen molar-refractivity contribution in [3.8, 4) is 0 Å². The van der Waals surface area contributed by atoms with Gasteiger partial charge in [0.1, 0.15) is 5.54 Å². The first-order valence-corrected chi connectivity index (χ1v) is 13.0. The number of urea groups is 1. The molecule has 0 bridgehead atoms. The van der Waals surface area contributed by atoms with Crippen LogP contribution in [0.3, 0.4) is 0 Å². The van der Waals surface area contributed by atoms with Crippen LogP contribution in [0.5, 0.6) is 0 Å². The lowest BCUT2D eigenvalue weighted by Gasteiger charge is -2.30. The van der Waals surface area contributed by atoms with Crippen molar-refractivity contribution in [2.24, 2.45) is 0 Å². The van der Waals surface area contributed by atoms with E-state index >= 15 is 0 Å². The number of carbonyl (C=O) groups is 3. The fourth-order valence-corrected chi connectivity index (χ4v) is 5.47. The number of amides is 4. The van der Waals surface area contributed by atoms with Crippen LogP contribution in [0.4, 0.5) is 4.79 Å². The molecule has 4 rings (SSSR count). The fraction of sp³-hybridized carbons (Fsp3) is 0.542. The second-order valence-electron chi connectivity index (χ2n) is 8.97. The van der Waals surface area contributed by atoms with Gasteiger partial charge in [0, 0.05) is 6.54 Å². The van der Waals surface area contributed by atoms with Gasteiger partial charge in [0.25, 0.3) is 11.5 Å². The third-order valence-electron chi connectivity index (χ3n) is 6.50. The number of nitrogens with zero attached hydrogens (tertiary/aromatic N) is 3. The Bertz CT molecular complexity index is 1140. The minimum atomic E-state index is -0.894. The van der Waals surface area contributed by atoms with Crippen LogP contribution < -0.4 is 16.3 Å². The topological polar surface area (TPSA) is 113 Å². The smallest absolute Gasteiger partial charge is 0.322 e. The Labute approximate surface area is 202 Å². The van der Waals surface area contributed by atoms with Gasteiger partial charge in [0.2, 0.25) is 5.91 Å². The Hall–Kier alpha value is -2.88. The summed E-state index contributed by atoms with van der Waals surface area (Å²) in [5, 5.41) is 4.58. The number of thioether (sulfide) groups is 1. The first kappa shape index (κ1) is 24.3. The van der Waals surface area contributed by atoms with Crippen molar-refractivity contribution in [3.63, 3.8) is 0 Å². The first-order chi connectivity index (χ1) is 16.4. The normalized spacial score (nSPS) is 17.4. The second-order valence-corrected chi connectivity index (χ2v) is 9.91. The highest BCUT2D eigenvalue weighted by molar-refractivity contribution is 7.99. The number of imide groups is 1. The Morgan fingerprint density at radius 1 is 1.12 bits per heavy atom. The quantitative estimate of drug-likeness (QED) is 0.244. The van der Waals surface area contributed by atoms with Gasteiger partial charge in [-0.25, -0.2) is 9.78 Å². The molecule has 0 unspecified atom stereocenters. The lowest BCUT2D eigenvalue weighted by molar-refractivity contribution is -0.139. The molecule has 2 aromatic rings. The third-order valence-corrected chi connectivity index (χ3v) is 7.48. The summed E-state index contributed by atoms with van der Waals surface area (Å²) in [6.45, 7) is 2.65. The van der Waals surface area contributed by atoms with Crippen molar-refractivity contribution in [1.82, 2.24) is 25.3 Å². The number of rotatable bonds is 9. The molecule has 0 atom stereocenters. The van der Waals surface area contributed by atoms with Gasteiger partial charge in [-0.2, -0.15) is 5.01 Å². The first-order valence-electron chi connectivity index (χ1n) is 12.0. The Balaban J connectivity index is 1.46. The minimum absolute atomic E-state index is 0.0796. The summed E-state index contributed by atoms with van der Waals surface area (Å²) in [6.07, 6.45) is 7.98. The lowest BCUT2D eigenvalue weighted by Crippen LogP contribution is -2.51. The van der Waals surface area contributed by atoms with Crippen molar-refractivity contribution in [3.05, 3.63) is 34.6 Å². The SMILES string of the molecule is CCCCCCn1c(SCC(=O)NN2C(=O)NC3(CCCCC3)C2=O)nc2ccccc2c1=O. The number of para-hydroxylation sites is 1. The number of aromatic nitrogens is 2. The Morgan fingerprint density at radius 3 is 2.65 bits per heavy atom. The molecule has 34 heavy (non-hydrogen) atoms. The van der Waals surface area contributed by atoms with Gasteiger partial charge in [-0.05, 0) is 31.4 Å². The number of carbonyl (C=O) groups excluding carboxylic acids is 3. The number of fused-ring (bicyclic) bond motifs is 1. The minimum Gasteiger partial charge on any atom is -0.322 e. The summed E-state index contributed by atoms with van der Waals surface area (Å²) < 4.78 is 1.63. The Kier molecular flexibility index (Phi) is 7.55. The average Bonchev–Trinajstić information content (AvgIpc) is 3.06. The number of hydrazine groups is 1. The van der Waals surface area contributed by atoms with Gasteiger partial charge >= 0.3 is 6.03 Å². The molecule has 1 aromatic heterocycles. The molecule has 10 heteroatoms. The average molecular weight is 486 g/mol. The molecule has 1 aromatic carbocycles. The predicted molar refractivity (Wildman–Crippen MR) is 130 cm³/mol. The van der Waals surface area contributed by atoms with Crippen LogP contribution >= 0.6 is 11.8 Å². The largest absolute Gasteiger partial charge is 0.344 e. The van der Waals surface area contributed by atoms with Gasteiger partial charge in [0.15, 0.2) is 5.16 Å². The number of hydrogen-bond acceptors (Lipinski definition) is 6. The van der Waals surface area contributed by atoms with E-state index in [2.05, 4.69) is 22.7 Å². The highest BCUT2D eigenvalue weighted by Crippen LogP contribution is 2.33. The molecule has 2 N–H and O–H groups in total. The van der Waals surface area contributed by atoms with E-state index in [0.717, 1.165) is 61.7 Å². The van der Waals surface area contributed by atoms with Crippen LogP contribution in [0, 0.1) is 0 Å². The number of benzene rings is 1. The Morgan fingerprint density at radius 2 is 1.88 bits per heavy atom. The van der Waals surface area contributed by atoms with E-state index in [4.69, 9.17) is 0 Å². The summed E-state index contributed by atoms with van der Waals surface area (Å²) in [7, 11) is 0. The van der Waals surface area contributed by atoms with E-state index in [9.17, 15) is 19.2 Å². The van der Waals surface area contributed by atoms with E-state index < -0.39 is 23.4 Å². The fourth-order valence-electron chi connectivity index (χ4n) is 4.65. The summed E-state index contributed by atoms with van der Waals surface area (Å²) in [4.78, 5) is 55.7. The van der Waals surface area contributed by atoms with Crippen molar-refractivity contribution in [2.75, 3.05) is 5.75 Å². The monoisotopic (exact) mass is 485 g/mol. The summed E-state index contributed by atoms with van der Waals surface area (Å²) in [5.41, 5.74) is 2.00. The van der Waals surface area contributed by atoms with Crippen LogP contribution in [-0.4, -0.2) is 43.7 Å². The molecule has 4 amide bonds. The summed E-state index contributed by atoms with van der Waals surface area (Å²) >= 11 is 1.13. The molecule has 1 aliphatic carbocycles. The molecular weight excluding hydrogens is 454 g/mol. The second kappa shape index (κ2) is 10.6. The molecule has 1 saturated heterocycles. The van der Waals surface area contributed by atoms with Crippen molar-refractivity contribution in [2.45, 2.75) is 82.0 Å². The number of unbranched alkanes of at least 4 members (excludes halogenated alkanes) is 3. The van der Waals surface area contributed by atoms with Gasteiger partial charge in [-0.3, -0.25) is 24.4 Å². The van der Waals surface area contributed by atoms with E-state index in [0.29, 0.717) is 35.4 Å². The molecular formula is C24H31N5O4S. The predicted octanol–water partition coefficient (Wildman–Crippen LogP) is 3.35. The number of nitrogens with one attached hydrogen (secondary N) is 2. The summed E-state index contributed by atoms with van der Waals surface area (Å²) in [5.74, 6) is -0.974. The van der Waals surface area contributed by atoms with Crippen LogP contribution in [0.1, 0.15) is 64.7 Å². The molecule has 9 nitrogen and oxygen atoms in total. The molecule has 0 radical (unpaired) electrons. The van der Waals surface area contributed by atoms with E-state index in [-0.39, 0.29) is 11.3 Å². The zero-order chi connectivity index (χ0) is 24.1. The standard InChI is InChI=1S/C24H31N5O4S/c1-2-3-4-10-15-28-20(31)17-11-6-7-12-18(17)25-23(28)34-16-19(30)27-29-21(32)24(26-22(29)33)13-8-5-9-14-24/h6-7,11-12H,2-5,8-10,13-16H2,1H3,(H,26,33)(H,27,30). The highest BCUT2D eigenvalue weighted by atomic mass is 32.2. The van der Waals surface area contributed by atoms with Crippen molar-refractivity contribution < 1.29 is 14.4 Å². The maximum Gasteiger partial charge on any atom is 0.344 e. The molecule has 2 fully saturated rings. The van der Waals surface area contributed by atoms with Gasteiger partial charge in [0.05, 0.1) is 16.7 Å². The van der Waals surface area contributed by atoms with Crippen LogP contribution in [0.2, 0.25) is 0 Å². The van der Waals surface area contributed by atoms with E-state index in [1.54, 1.807) is 16.7 Å². The van der Waals surface area contributed by atoms with Gasteiger partial charge < -0.3 is 5.32 Å². The lowest BCUT2D eigenvalue weighted by atomic mass is 9.82. The highest BCUT2D eigenvalue weighted by Gasteiger charge is 2.52. The van der Waals surface area contributed by atoms with E-state index in [1.807, 2.05) is 12.1 Å². The molecule has 2 aliphatic rings. The summed E-state index contributed by atoms with van der Waals surface area (Å²) in [6, 6.07) is 6.57. The zero-order valence-corrected chi connectivity index (χ0v) is 20.3. The van der Waals surface area contributed by atoms with Crippen molar-refractivity contribution >= 4 is 40.5 Å². The van der Waals surface area contributed by atoms with Gasteiger partial charge in [-0.1, -0.05) is 69.3 Å². The van der Waals surface area contributed by atoms with E-state index in [1.165, 1.54) is 0 Å². The third kappa shape index (κ3) is 4.96. The number of hydrogen-bond donors (Lipinski definition) is 2. The maximum atomic E-state index is 13.1. The maximum absolute atomic E-state index is 13.1. The van der Waals surface area contributed by atoms with Gasteiger partial charge in [-0.15, -0.1) is 0 Å². The van der Waals surface area contributed by atoms with Crippen LogP contribution in [-0.2, 0) is 16.1 Å². The van der Waals surface area contributed by atoms with Crippen molar-refractivity contribution in [1.29, 1.82) is 0 Å². The molecule has 1 spiro atoms. The van der Waals surface area contributed by atoms with Crippen LogP contribution in [0.15, 0.2) is 34.2 Å². The molecule has 1 aliphatic heterocycles.